The predicted octanol–water partition coefficient (Wildman–Crippen LogP) is 3.26. The number of hydrogen-bond donors (Lipinski definition) is 2. The molecule has 0 radical (unpaired) electrons. The number of sulfonamides is 1. The number of rotatable bonds is 3. The standard InChI is InChI=1S/C13H12BrNO3S/c1-9-7-13(16)11(14)8-12(9)15-19(17,18)10-5-3-2-4-6-10/h2-8,15-16H,1H3. The van der Waals surface area contributed by atoms with Crippen LogP contribution in [0.1, 0.15) is 5.56 Å². The van der Waals surface area contributed by atoms with Crippen molar-refractivity contribution in [1.82, 2.24) is 0 Å². The van der Waals surface area contributed by atoms with Crippen LogP contribution in [0.4, 0.5) is 5.69 Å². The molecule has 2 aromatic carbocycles. The fourth-order valence-corrected chi connectivity index (χ4v) is 3.07. The molecule has 0 aromatic heterocycles. The molecule has 0 aliphatic rings. The van der Waals surface area contributed by atoms with E-state index >= 15 is 0 Å². The smallest absolute Gasteiger partial charge is 0.261 e. The molecule has 0 saturated carbocycles. The Morgan fingerprint density at radius 2 is 1.79 bits per heavy atom. The topological polar surface area (TPSA) is 66.4 Å². The molecule has 0 spiro atoms. The maximum atomic E-state index is 12.2. The molecule has 19 heavy (non-hydrogen) atoms. The minimum absolute atomic E-state index is 0.0696. The Bertz CT molecular complexity index is 699. The van der Waals surface area contributed by atoms with E-state index in [1.807, 2.05) is 0 Å². The van der Waals surface area contributed by atoms with Crippen molar-refractivity contribution in [3.05, 3.63) is 52.5 Å². The Morgan fingerprint density at radius 1 is 1.16 bits per heavy atom. The molecule has 0 heterocycles. The molecule has 6 heteroatoms. The second-order valence-electron chi connectivity index (χ2n) is 4.04. The molecule has 2 rings (SSSR count). The maximum absolute atomic E-state index is 12.2. The van der Waals surface area contributed by atoms with Crippen LogP contribution in [0.3, 0.4) is 0 Å². The molecule has 0 saturated heterocycles. The fraction of sp³-hybridized carbons (Fsp3) is 0.0769. The summed E-state index contributed by atoms with van der Waals surface area (Å²) in [7, 11) is -3.62. The number of nitrogens with one attached hydrogen (secondary N) is 1. The first-order valence-corrected chi connectivity index (χ1v) is 7.75. The second-order valence-corrected chi connectivity index (χ2v) is 6.57. The number of halogens is 1. The third kappa shape index (κ3) is 3.08. The van der Waals surface area contributed by atoms with Gasteiger partial charge in [0.2, 0.25) is 0 Å². The van der Waals surface area contributed by atoms with Gasteiger partial charge < -0.3 is 5.11 Å². The van der Waals surface area contributed by atoms with E-state index in [4.69, 9.17) is 0 Å². The van der Waals surface area contributed by atoms with Gasteiger partial charge in [0, 0.05) is 0 Å². The normalized spacial score (nSPS) is 11.3. The van der Waals surface area contributed by atoms with Gasteiger partial charge in [0.25, 0.3) is 10.0 Å². The van der Waals surface area contributed by atoms with Crippen LogP contribution in [-0.4, -0.2) is 13.5 Å². The number of aryl methyl sites for hydroxylation is 1. The van der Waals surface area contributed by atoms with Crippen molar-refractivity contribution in [2.75, 3.05) is 4.72 Å². The SMILES string of the molecule is Cc1cc(O)c(Br)cc1NS(=O)(=O)c1ccccc1. The average Bonchev–Trinajstić information content (AvgIpc) is 2.37. The molecule has 0 unspecified atom stereocenters. The summed E-state index contributed by atoms with van der Waals surface area (Å²) in [5, 5.41) is 9.52. The van der Waals surface area contributed by atoms with Gasteiger partial charge in [-0.15, -0.1) is 0 Å². The number of phenolic OH excluding ortho intramolecular Hbond substituents is 1. The Hall–Kier alpha value is -1.53. The summed E-state index contributed by atoms with van der Waals surface area (Å²) >= 11 is 3.16. The lowest BCUT2D eigenvalue weighted by molar-refractivity contribution is 0.471. The third-order valence-electron chi connectivity index (χ3n) is 2.59. The minimum atomic E-state index is -3.62. The third-order valence-corrected chi connectivity index (χ3v) is 4.61. The van der Waals surface area contributed by atoms with E-state index in [9.17, 15) is 13.5 Å². The van der Waals surface area contributed by atoms with Gasteiger partial charge in [-0.2, -0.15) is 0 Å². The fourth-order valence-electron chi connectivity index (χ4n) is 1.58. The summed E-state index contributed by atoms with van der Waals surface area (Å²) in [6, 6.07) is 11.1. The molecule has 0 fully saturated rings. The van der Waals surface area contributed by atoms with Crippen LogP contribution in [0, 0.1) is 6.92 Å². The van der Waals surface area contributed by atoms with Crippen LogP contribution >= 0.6 is 15.9 Å². The van der Waals surface area contributed by atoms with Gasteiger partial charge in [0.1, 0.15) is 5.75 Å². The molecular formula is C13H12BrNO3S. The van der Waals surface area contributed by atoms with Crippen LogP contribution in [0.5, 0.6) is 5.75 Å². The van der Waals surface area contributed by atoms with Crippen molar-refractivity contribution in [3.63, 3.8) is 0 Å². The highest BCUT2D eigenvalue weighted by molar-refractivity contribution is 9.10. The Kier molecular flexibility index (Phi) is 3.82. The molecule has 2 aromatic rings. The van der Waals surface area contributed by atoms with Gasteiger partial charge in [0.15, 0.2) is 0 Å². The van der Waals surface area contributed by atoms with Crippen molar-refractivity contribution in [3.8, 4) is 5.75 Å². The van der Waals surface area contributed by atoms with Gasteiger partial charge in [-0.25, -0.2) is 8.42 Å². The molecular weight excluding hydrogens is 330 g/mol. The lowest BCUT2D eigenvalue weighted by atomic mass is 10.2. The lowest BCUT2D eigenvalue weighted by Crippen LogP contribution is -2.13. The van der Waals surface area contributed by atoms with Crippen molar-refractivity contribution in [1.29, 1.82) is 0 Å². The molecule has 0 aliphatic carbocycles. The summed E-state index contributed by atoms with van der Waals surface area (Å²) in [6.45, 7) is 1.72. The Morgan fingerprint density at radius 3 is 2.42 bits per heavy atom. The highest BCUT2D eigenvalue weighted by Gasteiger charge is 2.15. The van der Waals surface area contributed by atoms with Crippen LogP contribution < -0.4 is 4.72 Å². The number of hydrogen-bond acceptors (Lipinski definition) is 3. The summed E-state index contributed by atoms with van der Waals surface area (Å²) in [4.78, 5) is 0.193. The number of anilines is 1. The van der Waals surface area contributed by atoms with E-state index < -0.39 is 10.0 Å². The zero-order valence-corrected chi connectivity index (χ0v) is 12.5. The second kappa shape index (κ2) is 5.22. The van der Waals surface area contributed by atoms with E-state index in [2.05, 4.69) is 20.7 Å². The van der Waals surface area contributed by atoms with Gasteiger partial charge >= 0.3 is 0 Å². The molecule has 0 bridgehead atoms. The zero-order chi connectivity index (χ0) is 14.0. The summed E-state index contributed by atoms with van der Waals surface area (Å²) < 4.78 is 27.3. The minimum Gasteiger partial charge on any atom is -0.507 e. The van der Waals surface area contributed by atoms with Crippen LogP contribution in [-0.2, 0) is 10.0 Å². The predicted molar refractivity (Wildman–Crippen MR) is 77.8 cm³/mol. The summed E-state index contributed by atoms with van der Waals surface area (Å²) in [5.74, 6) is 0.0696. The van der Waals surface area contributed by atoms with Gasteiger partial charge in [0.05, 0.1) is 15.1 Å². The molecule has 0 amide bonds. The van der Waals surface area contributed by atoms with Gasteiger partial charge in [-0.3, -0.25) is 4.72 Å². The van der Waals surface area contributed by atoms with E-state index in [1.165, 1.54) is 24.3 Å². The summed E-state index contributed by atoms with van der Waals surface area (Å²) in [5.41, 5.74) is 1.06. The van der Waals surface area contributed by atoms with Crippen molar-refractivity contribution < 1.29 is 13.5 Å². The number of phenols is 1. The van der Waals surface area contributed by atoms with Crippen LogP contribution in [0.15, 0.2) is 51.8 Å². The first-order chi connectivity index (χ1) is 8.90. The van der Waals surface area contributed by atoms with E-state index in [-0.39, 0.29) is 10.6 Å². The van der Waals surface area contributed by atoms with E-state index in [0.29, 0.717) is 15.7 Å². The van der Waals surface area contributed by atoms with E-state index in [1.54, 1.807) is 25.1 Å². The van der Waals surface area contributed by atoms with Gasteiger partial charge in [-0.1, -0.05) is 18.2 Å². The van der Waals surface area contributed by atoms with Gasteiger partial charge in [-0.05, 0) is 52.7 Å². The van der Waals surface area contributed by atoms with Crippen LogP contribution in [0.2, 0.25) is 0 Å². The van der Waals surface area contributed by atoms with Crippen LogP contribution in [0.25, 0.3) is 0 Å². The lowest BCUT2D eigenvalue weighted by Gasteiger charge is -2.11. The first-order valence-electron chi connectivity index (χ1n) is 5.47. The molecule has 0 atom stereocenters. The number of benzene rings is 2. The monoisotopic (exact) mass is 341 g/mol. The molecule has 0 aliphatic heterocycles. The first kappa shape index (κ1) is 13.9. The quantitative estimate of drug-likeness (QED) is 0.842. The van der Waals surface area contributed by atoms with Crippen molar-refractivity contribution in [2.45, 2.75) is 11.8 Å². The van der Waals surface area contributed by atoms with Crippen molar-refractivity contribution >= 4 is 31.6 Å². The molecule has 100 valence electrons. The molecule has 2 N–H and O–H groups in total. The maximum Gasteiger partial charge on any atom is 0.261 e. The Labute approximate surface area is 120 Å². The largest absolute Gasteiger partial charge is 0.507 e. The summed E-state index contributed by atoms with van der Waals surface area (Å²) in [6.07, 6.45) is 0. The van der Waals surface area contributed by atoms with E-state index in [0.717, 1.165) is 0 Å². The molecule has 4 nitrogen and oxygen atoms in total. The highest BCUT2D eigenvalue weighted by atomic mass is 79.9. The number of aromatic hydroxyl groups is 1. The average molecular weight is 342 g/mol. The highest BCUT2D eigenvalue weighted by Crippen LogP contribution is 2.31. The van der Waals surface area contributed by atoms with Crippen molar-refractivity contribution in [2.24, 2.45) is 0 Å². The Balaban J connectivity index is 2.39. The zero-order valence-electron chi connectivity index (χ0n) is 10.1.